The molecule has 21 heavy (non-hydrogen) atoms. The molecule has 0 unspecified atom stereocenters. The number of aromatic nitrogens is 2. The summed E-state index contributed by atoms with van der Waals surface area (Å²) in [5.41, 5.74) is -0.539. The molecule has 0 bridgehead atoms. The number of aromatic carboxylic acids is 1. The van der Waals surface area contributed by atoms with Gasteiger partial charge < -0.3 is 14.4 Å². The minimum Gasteiger partial charge on any atom is -0.485 e. The number of rotatable bonds is 4. The molecule has 7 heteroatoms. The molecule has 0 aliphatic carbocycles. The summed E-state index contributed by atoms with van der Waals surface area (Å²) in [5.74, 6) is -1.12. The number of hydrogen-bond donors (Lipinski definition) is 1. The standard InChI is InChI=1S/C14H15FN2O4/c1-14(2,3)13-16-11(17-21-13)7-20-10-5-4-8(15)6-9(10)12(18)19/h4-6H,7H2,1-3H3,(H,18,19). The van der Waals surface area contributed by atoms with Gasteiger partial charge in [0.25, 0.3) is 0 Å². The number of nitrogens with zero attached hydrogens (tertiary/aromatic N) is 2. The van der Waals surface area contributed by atoms with Crippen molar-refractivity contribution in [3.8, 4) is 5.75 Å². The van der Waals surface area contributed by atoms with E-state index in [4.69, 9.17) is 14.4 Å². The molecule has 0 fully saturated rings. The fourth-order valence-corrected chi connectivity index (χ4v) is 1.55. The minimum atomic E-state index is -1.27. The Morgan fingerprint density at radius 3 is 2.71 bits per heavy atom. The molecule has 2 rings (SSSR count). The van der Waals surface area contributed by atoms with Crippen LogP contribution in [-0.2, 0) is 12.0 Å². The van der Waals surface area contributed by atoms with Crippen LogP contribution in [-0.4, -0.2) is 21.2 Å². The maximum atomic E-state index is 13.0. The van der Waals surface area contributed by atoms with Crippen molar-refractivity contribution in [2.45, 2.75) is 32.8 Å². The summed E-state index contributed by atoms with van der Waals surface area (Å²) in [6.07, 6.45) is 0. The Bertz CT molecular complexity index is 661. The van der Waals surface area contributed by atoms with Gasteiger partial charge in [-0.1, -0.05) is 25.9 Å². The van der Waals surface area contributed by atoms with Crippen LogP contribution < -0.4 is 4.74 Å². The van der Waals surface area contributed by atoms with Crippen LogP contribution in [0.1, 0.15) is 42.8 Å². The Morgan fingerprint density at radius 1 is 1.43 bits per heavy atom. The van der Waals surface area contributed by atoms with Crippen molar-refractivity contribution in [3.63, 3.8) is 0 Å². The number of carboxylic acid groups (broad SMARTS) is 1. The first kappa shape index (κ1) is 15.0. The highest BCUT2D eigenvalue weighted by Crippen LogP contribution is 2.22. The van der Waals surface area contributed by atoms with Gasteiger partial charge in [-0.3, -0.25) is 0 Å². The highest BCUT2D eigenvalue weighted by atomic mass is 19.1. The lowest BCUT2D eigenvalue weighted by Gasteiger charge is -2.10. The smallest absolute Gasteiger partial charge is 0.339 e. The van der Waals surface area contributed by atoms with Gasteiger partial charge in [0.15, 0.2) is 6.61 Å². The maximum Gasteiger partial charge on any atom is 0.339 e. The third kappa shape index (κ3) is 3.56. The van der Waals surface area contributed by atoms with Crippen LogP contribution in [0.25, 0.3) is 0 Å². The predicted molar refractivity (Wildman–Crippen MR) is 70.7 cm³/mol. The summed E-state index contributed by atoms with van der Waals surface area (Å²) in [6, 6.07) is 3.27. The number of carboxylic acids is 1. The highest BCUT2D eigenvalue weighted by Gasteiger charge is 2.22. The first-order chi connectivity index (χ1) is 9.77. The Morgan fingerprint density at radius 2 is 2.14 bits per heavy atom. The molecule has 0 radical (unpaired) electrons. The van der Waals surface area contributed by atoms with Gasteiger partial charge in [-0.15, -0.1) is 0 Å². The summed E-state index contributed by atoms with van der Waals surface area (Å²) >= 11 is 0. The van der Waals surface area contributed by atoms with Crippen LogP contribution in [0.2, 0.25) is 0 Å². The van der Waals surface area contributed by atoms with Gasteiger partial charge in [0.1, 0.15) is 17.1 Å². The third-order valence-electron chi connectivity index (χ3n) is 2.64. The van der Waals surface area contributed by atoms with Crippen molar-refractivity contribution in [2.75, 3.05) is 0 Å². The highest BCUT2D eigenvalue weighted by molar-refractivity contribution is 5.90. The molecular weight excluding hydrogens is 279 g/mol. The van der Waals surface area contributed by atoms with Gasteiger partial charge in [-0.05, 0) is 18.2 Å². The number of carbonyl (C=O) groups is 1. The van der Waals surface area contributed by atoms with Gasteiger partial charge in [-0.25, -0.2) is 9.18 Å². The zero-order valence-electron chi connectivity index (χ0n) is 11.9. The van der Waals surface area contributed by atoms with Crippen LogP contribution in [0.5, 0.6) is 5.75 Å². The van der Waals surface area contributed by atoms with E-state index in [1.165, 1.54) is 6.07 Å². The van der Waals surface area contributed by atoms with E-state index in [1.54, 1.807) is 0 Å². The molecule has 0 spiro atoms. The Labute approximate surface area is 120 Å². The molecule has 0 aliphatic rings. The zero-order chi connectivity index (χ0) is 15.6. The molecule has 1 aromatic carbocycles. The van der Waals surface area contributed by atoms with Gasteiger partial charge in [-0.2, -0.15) is 4.98 Å². The van der Waals surface area contributed by atoms with E-state index in [0.717, 1.165) is 12.1 Å². The Balaban J connectivity index is 2.13. The van der Waals surface area contributed by atoms with Gasteiger partial charge in [0.2, 0.25) is 11.7 Å². The fraction of sp³-hybridized carbons (Fsp3) is 0.357. The molecule has 0 saturated heterocycles. The maximum absolute atomic E-state index is 13.0. The van der Waals surface area contributed by atoms with E-state index < -0.39 is 11.8 Å². The monoisotopic (exact) mass is 294 g/mol. The summed E-state index contributed by atoms with van der Waals surface area (Å²) < 4.78 is 23.5. The number of benzene rings is 1. The molecule has 1 N–H and O–H groups in total. The molecule has 112 valence electrons. The second kappa shape index (κ2) is 5.51. The lowest BCUT2D eigenvalue weighted by molar-refractivity contribution is 0.0691. The summed E-state index contributed by atoms with van der Waals surface area (Å²) in [4.78, 5) is 15.2. The lowest BCUT2D eigenvalue weighted by atomic mass is 9.97. The van der Waals surface area contributed by atoms with Crippen molar-refractivity contribution in [1.82, 2.24) is 10.1 Å². The van der Waals surface area contributed by atoms with Crippen molar-refractivity contribution < 1.29 is 23.6 Å². The van der Waals surface area contributed by atoms with Crippen molar-refractivity contribution >= 4 is 5.97 Å². The summed E-state index contributed by atoms with van der Waals surface area (Å²) in [7, 11) is 0. The molecule has 0 amide bonds. The largest absolute Gasteiger partial charge is 0.485 e. The van der Waals surface area contributed by atoms with Crippen LogP contribution in [0.4, 0.5) is 4.39 Å². The van der Waals surface area contributed by atoms with Gasteiger partial charge >= 0.3 is 5.97 Å². The number of hydrogen-bond acceptors (Lipinski definition) is 5. The molecule has 1 aromatic heterocycles. The van der Waals surface area contributed by atoms with E-state index in [-0.39, 0.29) is 23.3 Å². The number of halogens is 1. The quantitative estimate of drug-likeness (QED) is 0.933. The SMILES string of the molecule is CC(C)(C)c1nc(COc2ccc(F)cc2C(=O)O)no1. The summed E-state index contributed by atoms with van der Waals surface area (Å²) in [6.45, 7) is 5.71. The zero-order valence-corrected chi connectivity index (χ0v) is 11.9. The van der Waals surface area contributed by atoms with Crippen LogP contribution in [0.15, 0.2) is 22.7 Å². The first-order valence-corrected chi connectivity index (χ1v) is 6.26. The molecule has 0 saturated carbocycles. The normalized spacial score (nSPS) is 11.4. The fourth-order valence-electron chi connectivity index (χ4n) is 1.55. The number of ether oxygens (including phenoxy) is 1. The second-order valence-corrected chi connectivity index (χ2v) is 5.50. The van der Waals surface area contributed by atoms with Crippen LogP contribution in [0, 0.1) is 5.82 Å². The van der Waals surface area contributed by atoms with Crippen molar-refractivity contribution in [2.24, 2.45) is 0 Å². The van der Waals surface area contributed by atoms with E-state index in [2.05, 4.69) is 10.1 Å². The Kier molecular flexibility index (Phi) is 3.93. The average molecular weight is 294 g/mol. The van der Waals surface area contributed by atoms with Gasteiger partial charge in [0, 0.05) is 5.41 Å². The molecular formula is C14H15FN2O4. The molecule has 6 nitrogen and oxygen atoms in total. The minimum absolute atomic E-state index is 0.0472. The molecule has 0 aliphatic heterocycles. The molecule has 0 atom stereocenters. The molecule has 2 aromatic rings. The molecule has 1 heterocycles. The summed E-state index contributed by atoms with van der Waals surface area (Å²) in [5, 5.41) is 12.8. The van der Waals surface area contributed by atoms with Crippen LogP contribution >= 0.6 is 0 Å². The Hall–Kier alpha value is -2.44. The van der Waals surface area contributed by atoms with E-state index in [1.807, 2.05) is 20.8 Å². The third-order valence-corrected chi connectivity index (χ3v) is 2.64. The van der Waals surface area contributed by atoms with Crippen molar-refractivity contribution in [3.05, 3.63) is 41.3 Å². The topological polar surface area (TPSA) is 85.5 Å². The van der Waals surface area contributed by atoms with Crippen molar-refractivity contribution in [1.29, 1.82) is 0 Å². The second-order valence-electron chi connectivity index (χ2n) is 5.50. The van der Waals surface area contributed by atoms with Crippen LogP contribution in [0.3, 0.4) is 0 Å². The van der Waals surface area contributed by atoms with E-state index in [9.17, 15) is 9.18 Å². The van der Waals surface area contributed by atoms with Gasteiger partial charge in [0.05, 0.1) is 0 Å². The lowest BCUT2D eigenvalue weighted by Crippen LogP contribution is -2.11. The van der Waals surface area contributed by atoms with E-state index >= 15 is 0 Å². The average Bonchev–Trinajstić information content (AvgIpc) is 2.85. The van der Waals surface area contributed by atoms with E-state index in [0.29, 0.717) is 11.7 Å². The predicted octanol–water partition coefficient (Wildman–Crippen LogP) is 2.78. The first-order valence-electron chi connectivity index (χ1n) is 6.26.